The molecule has 0 radical (unpaired) electrons. The van der Waals surface area contributed by atoms with Crippen molar-refractivity contribution in [2.45, 2.75) is 26.4 Å². The Bertz CT molecular complexity index is 550. The van der Waals surface area contributed by atoms with Crippen molar-refractivity contribution in [3.63, 3.8) is 0 Å². The highest BCUT2D eigenvalue weighted by Crippen LogP contribution is 2.19. The molecular weight excluding hydrogens is 214 g/mol. The number of rotatable bonds is 1. The maximum Gasteiger partial charge on any atom is 0.339 e. The first-order valence-electron chi connectivity index (χ1n) is 5.54. The number of aromatic nitrogens is 1. The van der Waals surface area contributed by atoms with Crippen LogP contribution in [0.5, 0.6) is 0 Å². The van der Waals surface area contributed by atoms with Gasteiger partial charge < -0.3 is 4.74 Å². The normalized spacial score (nSPS) is 11.5. The molecule has 2 rings (SSSR count). The topological polar surface area (TPSA) is 39.2 Å². The van der Waals surface area contributed by atoms with Gasteiger partial charge in [0.15, 0.2) is 0 Å². The Balaban J connectivity index is 2.45. The molecule has 0 atom stereocenters. The second kappa shape index (κ2) is 4.17. The first-order valence-corrected chi connectivity index (χ1v) is 5.54. The van der Waals surface area contributed by atoms with E-state index in [0.717, 1.165) is 10.9 Å². The van der Waals surface area contributed by atoms with Gasteiger partial charge in [0, 0.05) is 11.6 Å². The molecule has 1 aromatic heterocycles. The molecule has 1 aromatic carbocycles. The third kappa shape index (κ3) is 2.61. The highest BCUT2D eigenvalue weighted by molar-refractivity contribution is 6.03. The van der Waals surface area contributed by atoms with Crippen LogP contribution in [0.25, 0.3) is 10.9 Å². The number of hydrogen-bond donors (Lipinski definition) is 0. The van der Waals surface area contributed by atoms with Crippen LogP contribution in [0.4, 0.5) is 0 Å². The van der Waals surface area contributed by atoms with E-state index in [9.17, 15) is 4.79 Å². The Morgan fingerprint density at radius 1 is 1.18 bits per heavy atom. The molecule has 0 spiro atoms. The molecule has 3 heteroatoms. The lowest BCUT2D eigenvalue weighted by Gasteiger charge is -2.19. The van der Waals surface area contributed by atoms with E-state index in [1.165, 1.54) is 0 Å². The van der Waals surface area contributed by atoms with Gasteiger partial charge in [0.05, 0.1) is 11.1 Å². The van der Waals surface area contributed by atoms with Gasteiger partial charge in [0.2, 0.25) is 0 Å². The molecule has 0 saturated carbocycles. The van der Waals surface area contributed by atoms with Crippen molar-refractivity contribution in [3.05, 3.63) is 42.1 Å². The summed E-state index contributed by atoms with van der Waals surface area (Å²) >= 11 is 0. The average molecular weight is 229 g/mol. The second-order valence-electron chi connectivity index (χ2n) is 4.88. The molecule has 1 heterocycles. The molecule has 0 aliphatic carbocycles. The summed E-state index contributed by atoms with van der Waals surface area (Å²) in [5.41, 5.74) is 0.878. The van der Waals surface area contributed by atoms with Crippen LogP contribution in [0.2, 0.25) is 0 Å². The van der Waals surface area contributed by atoms with Gasteiger partial charge in [-0.15, -0.1) is 0 Å². The fraction of sp³-hybridized carbons (Fsp3) is 0.286. The molecule has 0 saturated heterocycles. The summed E-state index contributed by atoms with van der Waals surface area (Å²) in [7, 11) is 0. The van der Waals surface area contributed by atoms with E-state index in [-0.39, 0.29) is 5.97 Å². The fourth-order valence-electron chi connectivity index (χ4n) is 1.61. The van der Waals surface area contributed by atoms with Crippen LogP contribution in [-0.4, -0.2) is 16.6 Å². The van der Waals surface area contributed by atoms with Gasteiger partial charge >= 0.3 is 5.97 Å². The molecule has 0 fully saturated rings. The number of fused-ring (bicyclic) bond motifs is 1. The Morgan fingerprint density at radius 2 is 1.88 bits per heavy atom. The summed E-state index contributed by atoms with van der Waals surface area (Å²) in [6, 6.07) is 9.23. The number of ether oxygens (including phenoxy) is 1. The number of carbonyl (C=O) groups is 1. The third-order valence-electron chi connectivity index (χ3n) is 2.27. The van der Waals surface area contributed by atoms with Crippen molar-refractivity contribution in [3.8, 4) is 0 Å². The van der Waals surface area contributed by atoms with E-state index in [1.54, 1.807) is 12.3 Å². The summed E-state index contributed by atoms with van der Waals surface area (Å²) in [6.45, 7) is 5.57. The molecule has 0 aliphatic heterocycles. The van der Waals surface area contributed by atoms with E-state index >= 15 is 0 Å². The molecule has 88 valence electrons. The zero-order valence-electron chi connectivity index (χ0n) is 10.2. The van der Waals surface area contributed by atoms with E-state index < -0.39 is 5.60 Å². The minimum Gasteiger partial charge on any atom is -0.456 e. The lowest BCUT2D eigenvalue weighted by molar-refractivity contribution is 0.00718. The molecular formula is C14H15NO2. The van der Waals surface area contributed by atoms with Crippen molar-refractivity contribution in [2.24, 2.45) is 0 Å². The first-order chi connectivity index (χ1) is 7.97. The number of esters is 1. The number of nitrogens with zero attached hydrogens (tertiary/aromatic N) is 1. The van der Waals surface area contributed by atoms with Crippen LogP contribution in [0, 0.1) is 0 Å². The van der Waals surface area contributed by atoms with Crippen LogP contribution in [0.1, 0.15) is 31.1 Å². The van der Waals surface area contributed by atoms with E-state index in [1.807, 2.05) is 45.0 Å². The summed E-state index contributed by atoms with van der Waals surface area (Å²) in [5.74, 6) is -0.309. The lowest BCUT2D eigenvalue weighted by atomic mass is 10.1. The zero-order valence-corrected chi connectivity index (χ0v) is 10.2. The van der Waals surface area contributed by atoms with Gasteiger partial charge in [-0.05, 0) is 32.9 Å². The molecule has 0 unspecified atom stereocenters. The first kappa shape index (κ1) is 11.6. The smallest absolute Gasteiger partial charge is 0.339 e. The molecule has 0 bridgehead atoms. The average Bonchev–Trinajstić information content (AvgIpc) is 2.26. The second-order valence-corrected chi connectivity index (χ2v) is 4.88. The highest BCUT2D eigenvalue weighted by atomic mass is 16.6. The van der Waals surface area contributed by atoms with Gasteiger partial charge in [-0.3, -0.25) is 4.98 Å². The summed E-state index contributed by atoms with van der Waals surface area (Å²) in [4.78, 5) is 16.2. The number of carbonyl (C=O) groups excluding carboxylic acids is 1. The van der Waals surface area contributed by atoms with Crippen LogP contribution in [-0.2, 0) is 4.74 Å². The van der Waals surface area contributed by atoms with Gasteiger partial charge in [-0.1, -0.05) is 18.2 Å². The van der Waals surface area contributed by atoms with Gasteiger partial charge in [-0.2, -0.15) is 0 Å². The van der Waals surface area contributed by atoms with Crippen LogP contribution in [0.15, 0.2) is 36.5 Å². The van der Waals surface area contributed by atoms with Crippen LogP contribution < -0.4 is 0 Å². The monoisotopic (exact) mass is 229 g/mol. The quantitative estimate of drug-likeness (QED) is 0.705. The van der Waals surface area contributed by atoms with E-state index in [2.05, 4.69) is 4.98 Å². The molecule has 17 heavy (non-hydrogen) atoms. The standard InChI is InChI=1S/C14H15NO2/c1-14(2,3)17-13(16)11-8-9-15-12-7-5-4-6-10(11)12/h4-9H,1-3H3. The van der Waals surface area contributed by atoms with E-state index in [4.69, 9.17) is 4.74 Å². The number of para-hydroxylation sites is 1. The third-order valence-corrected chi connectivity index (χ3v) is 2.27. The molecule has 0 aliphatic rings. The predicted molar refractivity (Wildman–Crippen MR) is 66.9 cm³/mol. The largest absolute Gasteiger partial charge is 0.456 e. The minimum absolute atomic E-state index is 0.309. The van der Waals surface area contributed by atoms with Crippen LogP contribution in [0.3, 0.4) is 0 Å². The van der Waals surface area contributed by atoms with Crippen LogP contribution >= 0.6 is 0 Å². The summed E-state index contributed by atoms with van der Waals surface area (Å²) < 4.78 is 5.37. The Kier molecular flexibility index (Phi) is 2.84. The van der Waals surface area contributed by atoms with Crippen molar-refractivity contribution in [1.82, 2.24) is 4.98 Å². The molecule has 3 nitrogen and oxygen atoms in total. The van der Waals surface area contributed by atoms with Gasteiger partial charge in [0.25, 0.3) is 0 Å². The Labute approximate surface area is 100 Å². The van der Waals surface area contributed by atoms with E-state index in [0.29, 0.717) is 5.56 Å². The highest BCUT2D eigenvalue weighted by Gasteiger charge is 2.19. The zero-order chi connectivity index (χ0) is 12.5. The Hall–Kier alpha value is -1.90. The molecule has 2 aromatic rings. The summed E-state index contributed by atoms with van der Waals surface area (Å²) in [6.07, 6.45) is 1.63. The van der Waals surface area contributed by atoms with Crippen molar-refractivity contribution < 1.29 is 9.53 Å². The maximum atomic E-state index is 12.0. The minimum atomic E-state index is -0.485. The Morgan fingerprint density at radius 3 is 2.59 bits per heavy atom. The van der Waals surface area contributed by atoms with Gasteiger partial charge in [-0.25, -0.2) is 4.79 Å². The maximum absolute atomic E-state index is 12.0. The fourth-order valence-corrected chi connectivity index (χ4v) is 1.61. The van der Waals surface area contributed by atoms with Crippen molar-refractivity contribution in [1.29, 1.82) is 0 Å². The number of hydrogen-bond acceptors (Lipinski definition) is 3. The van der Waals surface area contributed by atoms with Crippen molar-refractivity contribution in [2.75, 3.05) is 0 Å². The molecule has 0 amide bonds. The summed E-state index contributed by atoms with van der Waals surface area (Å²) in [5, 5.41) is 0.823. The number of benzene rings is 1. The molecule has 0 N–H and O–H groups in total. The number of pyridine rings is 1. The SMILES string of the molecule is CC(C)(C)OC(=O)c1ccnc2ccccc12. The lowest BCUT2D eigenvalue weighted by Crippen LogP contribution is -2.24. The van der Waals surface area contributed by atoms with Gasteiger partial charge in [0.1, 0.15) is 5.60 Å². The predicted octanol–water partition coefficient (Wildman–Crippen LogP) is 3.19. The van der Waals surface area contributed by atoms with Crippen molar-refractivity contribution >= 4 is 16.9 Å².